The number of methoxy groups -OCH3 is 2. The number of carbonyl (C=O) groups is 1. The fourth-order valence-corrected chi connectivity index (χ4v) is 4.58. The second-order valence-electron chi connectivity index (χ2n) is 11.2. The number of amides is 2. The predicted molar refractivity (Wildman–Crippen MR) is 150 cm³/mol. The number of nitrogens with two attached hydrogens (primary N) is 2. The van der Waals surface area contributed by atoms with E-state index in [1.165, 1.54) is 0 Å². The molecule has 2 amide bonds. The molecule has 0 heterocycles. The summed E-state index contributed by atoms with van der Waals surface area (Å²) in [5.74, 6) is 2.76. The van der Waals surface area contributed by atoms with Gasteiger partial charge in [-0.25, -0.2) is 4.79 Å². The van der Waals surface area contributed by atoms with Crippen LogP contribution in [0.15, 0.2) is 18.2 Å². The van der Waals surface area contributed by atoms with E-state index in [1.807, 2.05) is 12.1 Å². The first-order valence-electron chi connectivity index (χ1n) is 13.7. The van der Waals surface area contributed by atoms with Gasteiger partial charge in [-0.3, -0.25) is 0 Å². The molecule has 0 bridgehead atoms. The maximum absolute atomic E-state index is 11.7. The molecule has 1 aromatic rings. The van der Waals surface area contributed by atoms with Crippen LogP contribution in [-0.4, -0.2) is 68.7 Å². The number of primary amides is 1. The van der Waals surface area contributed by atoms with Crippen LogP contribution in [0.3, 0.4) is 0 Å². The van der Waals surface area contributed by atoms with Gasteiger partial charge < -0.3 is 35.7 Å². The number of aliphatic hydroxyl groups is 1. The molecule has 0 aliphatic carbocycles. The first kappa shape index (κ1) is 33.0. The molecule has 214 valence electrons. The van der Waals surface area contributed by atoms with Gasteiger partial charge >= 0.3 is 6.03 Å². The molecule has 8 nitrogen and oxygen atoms in total. The van der Waals surface area contributed by atoms with Crippen molar-refractivity contribution in [1.82, 2.24) is 4.90 Å². The van der Waals surface area contributed by atoms with Crippen molar-refractivity contribution in [3.05, 3.63) is 23.8 Å². The lowest BCUT2D eigenvalue weighted by molar-refractivity contribution is 0.108. The lowest BCUT2D eigenvalue weighted by Gasteiger charge is -2.29. The summed E-state index contributed by atoms with van der Waals surface area (Å²) in [4.78, 5) is 13.4. The molecule has 0 spiro atoms. The van der Waals surface area contributed by atoms with Crippen molar-refractivity contribution in [1.29, 1.82) is 0 Å². The Hall–Kier alpha value is -2.03. The highest BCUT2D eigenvalue weighted by Crippen LogP contribution is 2.31. The number of hydrogen-bond acceptors (Lipinski definition) is 6. The molecule has 0 radical (unpaired) electrons. The van der Waals surface area contributed by atoms with Crippen LogP contribution in [0.2, 0.25) is 0 Å². The van der Waals surface area contributed by atoms with Gasteiger partial charge in [0, 0.05) is 39.3 Å². The van der Waals surface area contributed by atoms with E-state index in [4.69, 9.17) is 25.7 Å². The van der Waals surface area contributed by atoms with Gasteiger partial charge in [-0.15, -0.1) is 0 Å². The summed E-state index contributed by atoms with van der Waals surface area (Å²) < 4.78 is 16.5. The smallest absolute Gasteiger partial charge is 0.314 e. The minimum Gasteiger partial charge on any atom is -0.493 e. The molecule has 8 heteroatoms. The predicted octanol–water partition coefficient (Wildman–Crippen LogP) is 4.46. The van der Waals surface area contributed by atoms with E-state index in [9.17, 15) is 9.90 Å². The fraction of sp³-hybridized carbons (Fsp3) is 0.759. The first-order chi connectivity index (χ1) is 17.5. The van der Waals surface area contributed by atoms with E-state index in [0.717, 1.165) is 37.0 Å². The van der Waals surface area contributed by atoms with Crippen molar-refractivity contribution in [2.24, 2.45) is 35.1 Å². The molecule has 4 atom stereocenters. The van der Waals surface area contributed by atoms with Gasteiger partial charge in [0.15, 0.2) is 11.5 Å². The number of benzene rings is 1. The van der Waals surface area contributed by atoms with Gasteiger partial charge in [-0.05, 0) is 67.1 Å². The fourth-order valence-electron chi connectivity index (χ4n) is 4.58. The molecular formula is C29H53N3O5. The molecule has 0 saturated carbocycles. The van der Waals surface area contributed by atoms with Crippen LogP contribution < -0.4 is 20.9 Å². The van der Waals surface area contributed by atoms with Gasteiger partial charge in [0.05, 0.1) is 19.8 Å². The molecule has 0 aromatic heterocycles. The van der Waals surface area contributed by atoms with Gasteiger partial charge in [0.1, 0.15) is 0 Å². The lowest BCUT2D eigenvalue weighted by Crippen LogP contribution is -2.41. The van der Waals surface area contributed by atoms with Crippen molar-refractivity contribution in [3.63, 3.8) is 0 Å². The minimum absolute atomic E-state index is 0.232. The molecule has 1 rings (SSSR count). The van der Waals surface area contributed by atoms with Crippen LogP contribution >= 0.6 is 0 Å². The molecule has 0 aliphatic heterocycles. The SMILES string of the molecule is COCCCOc1cc(C[C@@H](C[C@H](N)[C@@H](O)CCC(C)CN(CC(C)C)C(N)=O)C(C)C)ccc1OC. The maximum atomic E-state index is 11.7. The largest absolute Gasteiger partial charge is 0.493 e. The van der Waals surface area contributed by atoms with Crippen LogP contribution in [0.4, 0.5) is 4.79 Å². The van der Waals surface area contributed by atoms with Crippen molar-refractivity contribution < 1.29 is 24.1 Å². The van der Waals surface area contributed by atoms with E-state index in [0.29, 0.717) is 56.2 Å². The molecule has 1 unspecified atom stereocenters. The molecular weight excluding hydrogens is 470 g/mol. The van der Waals surface area contributed by atoms with Crippen LogP contribution in [0.1, 0.15) is 65.9 Å². The average molecular weight is 524 g/mol. The van der Waals surface area contributed by atoms with Crippen molar-refractivity contribution >= 4 is 6.03 Å². The lowest BCUT2D eigenvalue weighted by atomic mass is 9.82. The molecule has 0 saturated heterocycles. The Morgan fingerprint density at radius 3 is 2.30 bits per heavy atom. The second-order valence-corrected chi connectivity index (χ2v) is 11.2. The summed E-state index contributed by atoms with van der Waals surface area (Å²) in [5.41, 5.74) is 13.2. The highest BCUT2D eigenvalue weighted by molar-refractivity contribution is 5.71. The molecule has 37 heavy (non-hydrogen) atoms. The normalized spacial score (nSPS) is 14.9. The summed E-state index contributed by atoms with van der Waals surface area (Å²) in [6, 6.07) is 5.36. The Morgan fingerprint density at radius 1 is 1.03 bits per heavy atom. The Kier molecular flexibility index (Phi) is 15.6. The number of aliphatic hydroxyl groups excluding tert-OH is 1. The summed E-state index contributed by atoms with van der Waals surface area (Å²) in [6.45, 7) is 13.1. The van der Waals surface area contributed by atoms with E-state index >= 15 is 0 Å². The third-order valence-electron chi connectivity index (χ3n) is 6.87. The molecule has 0 aliphatic rings. The number of rotatable bonds is 19. The van der Waals surface area contributed by atoms with Crippen molar-refractivity contribution in [2.75, 3.05) is 40.5 Å². The van der Waals surface area contributed by atoms with Crippen LogP contribution in [0.25, 0.3) is 0 Å². The Balaban J connectivity index is 2.70. The zero-order valence-electron chi connectivity index (χ0n) is 24.2. The van der Waals surface area contributed by atoms with Crippen LogP contribution in [-0.2, 0) is 11.2 Å². The summed E-state index contributed by atoms with van der Waals surface area (Å²) in [6.07, 6.45) is 3.17. The monoisotopic (exact) mass is 523 g/mol. The summed E-state index contributed by atoms with van der Waals surface area (Å²) in [7, 11) is 3.33. The standard InChI is InChI=1S/C29H53N3O5/c1-20(2)18-32(29(31)34)19-22(5)9-11-26(33)25(30)17-24(21(3)4)15-23-10-12-27(36-7)28(16-23)37-14-8-13-35-6/h10,12,16,20-22,24-26,33H,8-9,11,13-15,17-19,30H2,1-7H3,(H2,31,34)/t22?,24-,25-,26-/m0/s1. The molecule has 1 aromatic carbocycles. The van der Waals surface area contributed by atoms with E-state index in [-0.39, 0.29) is 18.0 Å². The number of carbonyl (C=O) groups excluding carboxylic acids is 1. The zero-order valence-corrected chi connectivity index (χ0v) is 24.2. The van der Waals surface area contributed by atoms with E-state index in [1.54, 1.807) is 19.1 Å². The van der Waals surface area contributed by atoms with E-state index in [2.05, 4.69) is 40.7 Å². The number of ether oxygens (including phenoxy) is 3. The number of hydrogen-bond donors (Lipinski definition) is 3. The first-order valence-corrected chi connectivity index (χ1v) is 13.7. The number of nitrogens with zero attached hydrogens (tertiary/aromatic N) is 1. The van der Waals surface area contributed by atoms with Crippen LogP contribution in [0.5, 0.6) is 11.5 Å². The van der Waals surface area contributed by atoms with Crippen molar-refractivity contribution in [3.8, 4) is 11.5 Å². The topological polar surface area (TPSA) is 120 Å². The van der Waals surface area contributed by atoms with Crippen LogP contribution in [0, 0.1) is 23.7 Å². The molecule has 5 N–H and O–H groups in total. The summed E-state index contributed by atoms with van der Waals surface area (Å²) in [5, 5.41) is 10.8. The zero-order chi connectivity index (χ0) is 28.0. The van der Waals surface area contributed by atoms with E-state index < -0.39 is 6.10 Å². The second kappa shape index (κ2) is 17.5. The number of urea groups is 1. The molecule has 0 fully saturated rings. The quantitative estimate of drug-likeness (QED) is 0.230. The Labute approximate surface area is 225 Å². The average Bonchev–Trinajstić information content (AvgIpc) is 2.84. The minimum atomic E-state index is -0.591. The van der Waals surface area contributed by atoms with Gasteiger partial charge in [0.2, 0.25) is 0 Å². The third kappa shape index (κ3) is 12.9. The maximum Gasteiger partial charge on any atom is 0.314 e. The van der Waals surface area contributed by atoms with Gasteiger partial charge in [0.25, 0.3) is 0 Å². The highest BCUT2D eigenvalue weighted by atomic mass is 16.5. The Morgan fingerprint density at radius 2 is 1.73 bits per heavy atom. The van der Waals surface area contributed by atoms with Gasteiger partial charge in [-0.2, -0.15) is 0 Å². The van der Waals surface area contributed by atoms with Gasteiger partial charge in [-0.1, -0.05) is 40.7 Å². The highest BCUT2D eigenvalue weighted by Gasteiger charge is 2.24. The Bertz CT molecular complexity index is 774. The van der Waals surface area contributed by atoms with Crippen molar-refractivity contribution in [2.45, 2.75) is 78.9 Å². The third-order valence-corrected chi connectivity index (χ3v) is 6.87. The summed E-state index contributed by atoms with van der Waals surface area (Å²) >= 11 is 0.